The number of rotatable bonds is 29. The minimum Gasteiger partial charge on any atom is -0.378 e. The summed E-state index contributed by atoms with van der Waals surface area (Å²) in [7, 11) is 0. The molecule has 10 N–H and O–H groups in total. The van der Waals surface area contributed by atoms with E-state index in [-0.39, 0.29) is 87.3 Å². The summed E-state index contributed by atoms with van der Waals surface area (Å²) < 4.78 is 107. The molecule has 22 rings (SSSR count). The Bertz CT molecular complexity index is 7820. The minimum absolute atomic E-state index is 0.107. The van der Waals surface area contributed by atoms with Crippen LogP contribution >= 0.6 is 56.7 Å². The molecule has 0 spiro atoms. The number of nitrogens with one attached hydrogen (secondary N) is 10. The molecule has 0 radical (unpaired) electrons. The van der Waals surface area contributed by atoms with E-state index in [0.29, 0.717) is 100 Å². The molecule has 20 aromatic rings. The molecule has 0 aromatic carbocycles. The molecule has 5 amide bonds. The second kappa shape index (κ2) is 46.2. The van der Waals surface area contributed by atoms with Gasteiger partial charge in [-0.15, -0.1) is 56.7 Å². The zero-order chi connectivity index (χ0) is 105. The number of halogens is 7. The molecule has 20 heterocycles. The number of carbonyl (C=O) groups excluding carboxylic acids is 5. The quantitative estimate of drug-likeness (QED) is 0.0195. The van der Waals surface area contributed by atoms with Crippen molar-refractivity contribution in [3.05, 3.63) is 268 Å². The molecule has 0 unspecified atom stereocenters. The fourth-order valence-electron chi connectivity index (χ4n) is 15.4. The van der Waals surface area contributed by atoms with Gasteiger partial charge in [0.15, 0.2) is 0 Å². The first-order valence-corrected chi connectivity index (χ1v) is 50.2. The Labute approximate surface area is 864 Å². The average Bonchev–Trinajstić information content (AvgIpc) is 1.64. The maximum atomic E-state index is 13.1. The van der Waals surface area contributed by atoms with E-state index in [4.69, 9.17) is 19.7 Å². The van der Waals surface area contributed by atoms with E-state index >= 15 is 0 Å². The summed E-state index contributed by atoms with van der Waals surface area (Å²) >= 11 is 6.65. The second-order valence-electron chi connectivity index (χ2n) is 33.2. The van der Waals surface area contributed by atoms with Crippen molar-refractivity contribution in [2.45, 2.75) is 124 Å². The molecule has 0 saturated heterocycles. The Morgan fingerprint density at radius 3 is 1.03 bits per heavy atom. The highest BCUT2D eigenvalue weighted by atomic mass is 32.1. The molecule has 42 nitrogen and oxygen atoms in total. The Kier molecular flexibility index (Phi) is 31.7. The molecule has 766 valence electrons. The first-order chi connectivity index (χ1) is 72.6. The third kappa shape index (κ3) is 24.3. The molecule has 0 atom stereocenters. The van der Waals surface area contributed by atoms with E-state index in [1.807, 2.05) is 107 Å². The molecular weight excluding hydrogens is 2050 g/mol. The standard InChI is InChI=1S/C23H25N7O2S.C22H23N7O2S.C17H12F3N7OS.2C17H13F2N7OS/c1-4-32-16-9-15(10-16)30-11-18(21(29-30)17-7-5-6-8-24-17)25-22(31)19-12-33-23(26-19)20-13(2)27-28-14(20)3;1-3-31-15-8-14(9-15)29-11-18(20(28-29)17-6-4-5-7-23-17)25-21(30)19-12-32-22(26-19)16-10-24-27-13(16)2;18-17(19,20)9-27-7-12(14(26-27)11-3-1-2-4-21-11)24-15(28)13-8-29-16(25-13)10-5-22-23-6-10;2*1-9-10(6-21-24-9)16-23-13(8-28-16)15(27)22-12-7-26(17(18)19)25-14(12)11-4-2-3-5-20-11/h5-8,11-12,15-16H,4,9-10H2,1-3H3,(H,25,31)(H,27,28);4-7,10-12,14-15H,3,8-9H2,1-2H3,(H,24,27)(H,25,30);1-8H,9H2,(H,22,23)(H,24,28);2*2-8,17H,1H3,(H,21,24)(H,22,27). The maximum absolute atomic E-state index is 13.1. The highest BCUT2D eigenvalue weighted by Crippen LogP contribution is 2.42. The van der Waals surface area contributed by atoms with E-state index in [1.165, 1.54) is 75.3 Å². The number of hydrogen-bond donors (Lipinski definition) is 10. The topological polar surface area (TPSA) is 525 Å². The Morgan fingerprint density at radius 1 is 0.400 bits per heavy atom. The van der Waals surface area contributed by atoms with Crippen LogP contribution in [-0.4, -0.2) is 211 Å². The van der Waals surface area contributed by atoms with E-state index in [0.717, 1.165) is 115 Å². The molecule has 0 bridgehead atoms. The van der Waals surface area contributed by atoms with Crippen LogP contribution in [0.2, 0.25) is 0 Å². The third-order valence-electron chi connectivity index (χ3n) is 22.9. The van der Waals surface area contributed by atoms with Crippen LogP contribution in [0.4, 0.5) is 59.2 Å². The summed E-state index contributed by atoms with van der Waals surface area (Å²) in [4.78, 5) is 107. The van der Waals surface area contributed by atoms with Gasteiger partial charge < -0.3 is 36.1 Å². The smallest absolute Gasteiger partial charge is 0.378 e. The van der Waals surface area contributed by atoms with Gasteiger partial charge in [-0.1, -0.05) is 30.3 Å². The van der Waals surface area contributed by atoms with Gasteiger partial charge in [-0.05, 0) is 135 Å². The lowest BCUT2D eigenvalue weighted by Gasteiger charge is -2.34. The van der Waals surface area contributed by atoms with Crippen LogP contribution in [0.15, 0.2) is 211 Å². The Hall–Kier alpha value is -17.2. The lowest BCUT2D eigenvalue weighted by atomic mass is 9.89. The summed E-state index contributed by atoms with van der Waals surface area (Å²) in [6.07, 6.45) is 22.9. The van der Waals surface area contributed by atoms with Gasteiger partial charge in [-0.2, -0.15) is 81.7 Å². The lowest BCUT2D eigenvalue weighted by Crippen LogP contribution is -2.33. The van der Waals surface area contributed by atoms with Crippen LogP contribution in [0, 0.1) is 34.6 Å². The highest BCUT2D eigenvalue weighted by molar-refractivity contribution is 7.14. The van der Waals surface area contributed by atoms with Gasteiger partial charge in [0.2, 0.25) is 0 Å². The summed E-state index contributed by atoms with van der Waals surface area (Å²) in [6.45, 7) is 7.95. The van der Waals surface area contributed by atoms with Gasteiger partial charge in [0.05, 0.1) is 146 Å². The van der Waals surface area contributed by atoms with Crippen LogP contribution in [0.1, 0.15) is 146 Å². The van der Waals surface area contributed by atoms with E-state index in [2.05, 4.69) is 143 Å². The summed E-state index contributed by atoms with van der Waals surface area (Å²) in [6, 6.07) is 26.8. The number of amides is 5. The number of aromatic amines is 5. The number of hydrogen-bond acceptors (Lipinski definition) is 32. The molecule has 2 fully saturated rings. The van der Waals surface area contributed by atoms with Crippen molar-refractivity contribution >= 4 is 115 Å². The number of thiazole rings is 5. The first-order valence-electron chi connectivity index (χ1n) is 45.8. The average molecular weight is 2140 g/mol. The molecule has 2 saturated carbocycles. The Morgan fingerprint density at radius 2 is 0.727 bits per heavy atom. The second-order valence-corrected chi connectivity index (χ2v) is 37.5. The number of aromatic nitrogens is 30. The fraction of sp³-hybridized carbons (Fsp3) is 0.219. The maximum Gasteiger partial charge on any atom is 0.408 e. The largest absolute Gasteiger partial charge is 0.408 e. The zero-order valence-corrected chi connectivity index (χ0v) is 83.9. The number of aryl methyl sites for hydroxylation is 5. The Balaban J connectivity index is 0.000000123. The van der Waals surface area contributed by atoms with Crippen molar-refractivity contribution in [1.29, 1.82) is 0 Å². The van der Waals surface area contributed by atoms with E-state index < -0.39 is 43.5 Å². The van der Waals surface area contributed by atoms with E-state index in [1.54, 1.807) is 125 Å². The number of alkyl halides is 7. The van der Waals surface area contributed by atoms with E-state index in [9.17, 15) is 54.7 Å². The van der Waals surface area contributed by atoms with Crippen LogP contribution in [0.3, 0.4) is 0 Å². The number of pyridine rings is 5. The highest BCUT2D eigenvalue weighted by Gasteiger charge is 2.37. The van der Waals surface area contributed by atoms with Crippen LogP contribution in [-0.2, 0) is 16.0 Å². The monoisotopic (exact) mass is 2130 g/mol. The molecule has 54 heteroatoms. The predicted molar refractivity (Wildman–Crippen MR) is 545 cm³/mol. The number of H-pyrrole nitrogens is 5. The van der Waals surface area contributed by atoms with Gasteiger partial charge >= 0.3 is 19.3 Å². The lowest BCUT2D eigenvalue weighted by molar-refractivity contribution is -0.142. The molecule has 2 aliphatic rings. The SMILES string of the molecule is CCOC1CC(n2cc(NC(=O)c3csc(-c4c(C)n[nH]c4C)n3)c(-c3ccccn3)n2)C1.CCOC1CC(n2cc(NC(=O)c3csc(-c4cn[nH]c4C)n3)c(-c3ccccn3)n2)C1.Cc1[nH]ncc1-c1nc(C(=O)Nc2cn(C(F)F)nc2-c2ccccn2)cs1.Cc1[nH]ncc1-c1nc(C(=O)Nc2cn(C(F)F)nc2-c2ccccn2)cs1.O=C(Nc1cn(CC(F)(F)F)nc1-c1ccccn1)c1csc(-c2cn[nH]c2)n1. The van der Waals surface area contributed by atoms with Crippen LogP contribution in [0.25, 0.3) is 110 Å². The van der Waals surface area contributed by atoms with Crippen molar-refractivity contribution < 1.29 is 64.2 Å². The molecule has 150 heavy (non-hydrogen) atoms. The fourth-order valence-corrected chi connectivity index (χ4v) is 19.7. The summed E-state index contributed by atoms with van der Waals surface area (Å²) in [5.41, 5.74) is 15.4. The molecule has 0 aliphatic heterocycles. The van der Waals surface area contributed by atoms with Crippen molar-refractivity contribution in [3.63, 3.8) is 0 Å². The van der Waals surface area contributed by atoms with Crippen molar-refractivity contribution in [1.82, 2.24) is 150 Å². The summed E-state index contributed by atoms with van der Waals surface area (Å²) in [5, 5.41) is 80.6. The van der Waals surface area contributed by atoms with Gasteiger partial charge in [0, 0.05) is 124 Å². The summed E-state index contributed by atoms with van der Waals surface area (Å²) in [5.74, 6) is -2.20. The third-order valence-corrected chi connectivity index (χ3v) is 27.2. The van der Waals surface area contributed by atoms with Gasteiger partial charge in [-0.3, -0.25) is 88.4 Å². The number of nitrogens with zero attached hydrogens (tertiary/aromatic N) is 25. The van der Waals surface area contributed by atoms with Crippen LogP contribution < -0.4 is 26.6 Å². The van der Waals surface area contributed by atoms with Gasteiger partial charge in [0.1, 0.15) is 88.5 Å². The number of ether oxygens (including phenoxy) is 2. The minimum atomic E-state index is -4.46. The van der Waals surface area contributed by atoms with Gasteiger partial charge in [0.25, 0.3) is 29.5 Å². The first kappa shape index (κ1) is 103. The molecule has 2 aliphatic carbocycles. The molecule has 20 aromatic heterocycles. The molecular formula is C96H86F7N35O7S5. The van der Waals surface area contributed by atoms with Crippen LogP contribution in [0.5, 0.6) is 0 Å². The van der Waals surface area contributed by atoms with Gasteiger partial charge in [-0.25, -0.2) is 34.3 Å². The van der Waals surface area contributed by atoms with Crippen molar-refractivity contribution in [2.24, 2.45) is 0 Å². The normalized spacial score (nSPS) is 14.1. The number of carbonyl (C=O) groups is 5. The van der Waals surface area contributed by atoms with Crippen molar-refractivity contribution in [2.75, 3.05) is 39.8 Å². The predicted octanol–water partition coefficient (Wildman–Crippen LogP) is 19.6. The van der Waals surface area contributed by atoms with Crippen molar-refractivity contribution in [3.8, 4) is 110 Å². The number of anilines is 5. The zero-order valence-electron chi connectivity index (χ0n) is 79.8.